The van der Waals surface area contributed by atoms with E-state index in [0.29, 0.717) is 5.92 Å². The van der Waals surface area contributed by atoms with E-state index in [1.807, 2.05) is 12.1 Å². The van der Waals surface area contributed by atoms with Crippen LogP contribution in [0.1, 0.15) is 71.5 Å². The molecule has 5 rings (SSSR count). The summed E-state index contributed by atoms with van der Waals surface area (Å²) in [6.45, 7) is 4.38. The lowest BCUT2D eigenvalue weighted by atomic mass is 9.84. The summed E-state index contributed by atoms with van der Waals surface area (Å²) in [4.78, 5) is 17.9. The molecule has 1 atom stereocenters. The van der Waals surface area contributed by atoms with Gasteiger partial charge in [0.1, 0.15) is 0 Å². The van der Waals surface area contributed by atoms with Crippen LogP contribution in [0.5, 0.6) is 0 Å². The first kappa shape index (κ1) is 21.5. The molecular weight excluding hydrogens is 394 g/mol. The normalized spacial score (nSPS) is 22.4. The average molecular weight is 432 g/mol. The van der Waals surface area contributed by atoms with E-state index in [-0.39, 0.29) is 11.9 Å². The minimum atomic E-state index is 0.0747. The van der Waals surface area contributed by atoms with Crippen LogP contribution in [-0.4, -0.2) is 50.1 Å². The quantitative estimate of drug-likeness (QED) is 0.757. The van der Waals surface area contributed by atoms with Gasteiger partial charge in [-0.05, 0) is 80.0 Å². The Morgan fingerprint density at radius 3 is 2.41 bits per heavy atom. The van der Waals surface area contributed by atoms with E-state index in [0.717, 1.165) is 51.0 Å². The third kappa shape index (κ3) is 4.71. The second-order valence-corrected chi connectivity index (χ2v) is 10.1. The van der Waals surface area contributed by atoms with Gasteiger partial charge in [-0.15, -0.1) is 0 Å². The number of likely N-dealkylation sites (N-methyl/N-ethyl adjacent to an activating group) is 1. The first-order valence-electron chi connectivity index (χ1n) is 12.6. The number of nitrogens with zero attached hydrogens (tertiary/aromatic N) is 2. The fraction of sp³-hybridized carbons (Fsp3) is 0.536. The maximum Gasteiger partial charge on any atom is 0.251 e. The van der Waals surface area contributed by atoms with Crippen LogP contribution in [0.3, 0.4) is 0 Å². The SMILES string of the molecule is CN1CCN(c2cccc3c2CC(NC(=O)c2ccc(C4CCCCC4)cc2)CC3)CC1. The lowest BCUT2D eigenvalue weighted by Crippen LogP contribution is -2.45. The molecule has 0 spiro atoms. The summed E-state index contributed by atoms with van der Waals surface area (Å²) in [5.74, 6) is 0.759. The van der Waals surface area contributed by atoms with Crippen LogP contribution >= 0.6 is 0 Å². The van der Waals surface area contributed by atoms with E-state index in [9.17, 15) is 4.79 Å². The Bertz CT molecular complexity index is 924. The third-order valence-corrected chi connectivity index (χ3v) is 7.89. The number of carbonyl (C=O) groups excluding carboxylic acids is 1. The van der Waals surface area contributed by atoms with Crippen LogP contribution in [0, 0.1) is 0 Å². The highest BCUT2D eigenvalue weighted by Crippen LogP contribution is 2.33. The highest BCUT2D eigenvalue weighted by molar-refractivity contribution is 5.94. The Hall–Kier alpha value is -2.33. The number of benzene rings is 2. The number of hydrogen-bond donors (Lipinski definition) is 1. The van der Waals surface area contributed by atoms with Gasteiger partial charge in [-0.1, -0.05) is 43.5 Å². The van der Waals surface area contributed by atoms with Crippen molar-refractivity contribution in [3.63, 3.8) is 0 Å². The number of hydrogen-bond acceptors (Lipinski definition) is 3. The van der Waals surface area contributed by atoms with Gasteiger partial charge in [-0.3, -0.25) is 4.79 Å². The average Bonchev–Trinajstić information content (AvgIpc) is 2.85. The van der Waals surface area contributed by atoms with E-state index in [1.54, 1.807) is 0 Å². The summed E-state index contributed by atoms with van der Waals surface area (Å²) in [6, 6.07) is 15.4. The molecule has 2 aromatic rings. The fourth-order valence-corrected chi connectivity index (χ4v) is 5.85. The van der Waals surface area contributed by atoms with Crippen molar-refractivity contribution in [3.05, 3.63) is 64.7 Å². The summed E-state index contributed by atoms with van der Waals surface area (Å²) in [5.41, 5.74) is 6.49. The molecule has 2 aromatic carbocycles. The van der Waals surface area contributed by atoms with Crippen molar-refractivity contribution >= 4 is 11.6 Å². The zero-order chi connectivity index (χ0) is 21.9. The molecule has 1 saturated heterocycles. The lowest BCUT2D eigenvalue weighted by Gasteiger charge is -2.37. The highest BCUT2D eigenvalue weighted by Gasteiger charge is 2.26. The van der Waals surface area contributed by atoms with Crippen molar-refractivity contribution in [1.29, 1.82) is 0 Å². The summed E-state index contributed by atoms with van der Waals surface area (Å²) in [5, 5.41) is 3.35. The molecule has 170 valence electrons. The number of piperazine rings is 1. The van der Waals surface area contributed by atoms with Gasteiger partial charge in [0, 0.05) is 43.5 Å². The summed E-state index contributed by atoms with van der Waals surface area (Å²) in [7, 11) is 2.20. The van der Waals surface area contributed by atoms with Gasteiger partial charge in [0.05, 0.1) is 0 Å². The Kier molecular flexibility index (Phi) is 6.49. The van der Waals surface area contributed by atoms with Crippen LogP contribution in [0.25, 0.3) is 0 Å². The van der Waals surface area contributed by atoms with E-state index in [4.69, 9.17) is 0 Å². The first-order chi connectivity index (χ1) is 15.7. The number of anilines is 1. The molecule has 2 aliphatic carbocycles. The molecule has 32 heavy (non-hydrogen) atoms. The molecule has 1 saturated carbocycles. The molecule has 0 bridgehead atoms. The van der Waals surface area contributed by atoms with Crippen molar-refractivity contribution in [1.82, 2.24) is 10.2 Å². The molecule has 2 fully saturated rings. The zero-order valence-corrected chi connectivity index (χ0v) is 19.5. The molecule has 0 aromatic heterocycles. The Morgan fingerprint density at radius 2 is 1.66 bits per heavy atom. The van der Waals surface area contributed by atoms with E-state index >= 15 is 0 Å². The summed E-state index contributed by atoms with van der Waals surface area (Å²) >= 11 is 0. The van der Waals surface area contributed by atoms with Gasteiger partial charge >= 0.3 is 0 Å². The topological polar surface area (TPSA) is 35.6 Å². The molecule has 4 heteroatoms. The van der Waals surface area contributed by atoms with Gasteiger partial charge in [-0.25, -0.2) is 0 Å². The summed E-state index contributed by atoms with van der Waals surface area (Å²) < 4.78 is 0. The Morgan fingerprint density at radius 1 is 0.906 bits per heavy atom. The van der Waals surface area contributed by atoms with Crippen molar-refractivity contribution in [3.8, 4) is 0 Å². The van der Waals surface area contributed by atoms with Gasteiger partial charge in [0.2, 0.25) is 0 Å². The van der Waals surface area contributed by atoms with Gasteiger partial charge in [0.25, 0.3) is 5.91 Å². The molecule has 0 radical (unpaired) electrons. The maximum atomic E-state index is 13.0. The number of rotatable bonds is 4. The predicted molar refractivity (Wildman–Crippen MR) is 132 cm³/mol. The van der Waals surface area contributed by atoms with E-state index in [1.165, 1.54) is 54.5 Å². The molecular formula is C28H37N3O. The van der Waals surface area contributed by atoms with Crippen LogP contribution in [0.15, 0.2) is 42.5 Å². The fourth-order valence-electron chi connectivity index (χ4n) is 5.85. The number of fused-ring (bicyclic) bond motifs is 1. The number of amides is 1. The summed E-state index contributed by atoms with van der Waals surface area (Å²) in [6.07, 6.45) is 9.64. The first-order valence-corrected chi connectivity index (χ1v) is 12.6. The monoisotopic (exact) mass is 431 g/mol. The third-order valence-electron chi connectivity index (χ3n) is 7.89. The predicted octanol–water partition coefficient (Wildman–Crippen LogP) is 4.77. The molecule has 1 N–H and O–H groups in total. The molecule has 1 heterocycles. The molecule has 1 amide bonds. The molecule has 1 unspecified atom stereocenters. The van der Waals surface area contributed by atoms with Gasteiger partial charge < -0.3 is 15.1 Å². The largest absolute Gasteiger partial charge is 0.369 e. The van der Waals surface area contributed by atoms with Gasteiger partial charge in [-0.2, -0.15) is 0 Å². The van der Waals surface area contributed by atoms with Crippen LogP contribution in [0.4, 0.5) is 5.69 Å². The molecule has 1 aliphatic heterocycles. The smallest absolute Gasteiger partial charge is 0.251 e. The van der Waals surface area contributed by atoms with E-state index in [2.05, 4.69) is 52.5 Å². The Labute approximate surface area is 193 Å². The molecule has 3 aliphatic rings. The van der Waals surface area contributed by atoms with Crippen molar-refractivity contribution in [2.24, 2.45) is 0 Å². The maximum absolute atomic E-state index is 13.0. The number of nitrogens with one attached hydrogen (secondary N) is 1. The van der Waals surface area contributed by atoms with Crippen LogP contribution in [0.2, 0.25) is 0 Å². The Balaban J connectivity index is 1.24. The van der Waals surface area contributed by atoms with Crippen LogP contribution < -0.4 is 10.2 Å². The standard InChI is InChI=1S/C28H37N3O/c1-30-16-18-31(19-17-30)27-9-5-8-23-14-15-25(20-26(23)27)29-28(32)24-12-10-22(11-13-24)21-6-3-2-4-7-21/h5,8-13,21,25H,2-4,6-7,14-20H2,1H3,(H,29,32). The van der Waals surface area contributed by atoms with E-state index < -0.39 is 0 Å². The minimum Gasteiger partial charge on any atom is -0.369 e. The molecule has 4 nitrogen and oxygen atoms in total. The second-order valence-electron chi connectivity index (χ2n) is 10.1. The second kappa shape index (κ2) is 9.66. The lowest BCUT2D eigenvalue weighted by molar-refractivity contribution is 0.0933. The zero-order valence-electron chi connectivity index (χ0n) is 19.5. The van der Waals surface area contributed by atoms with Crippen molar-refractivity contribution < 1.29 is 4.79 Å². The van der Waals surface area contributed by atoms with Crippen molar-refractivity contribution in [2.75, 3.05) is 38.1 Å². The highest BCUT2D eigenvalue weighted by atomic mass is 16.1. The van der Waals surface area contributed by atoms with Gasteiger partial charge in [0.15, 0.2) is 0 Å². The minimum absolute atomic E-state index is 0.0747. The number of aryl methyl sites for hydroxylation is 1. The number of carbonyl (C=O) groups is 1. The van der Waals surface area contributed by atoms with Crippen LogP contribution in [-0.2, 0) is 12.8 Å². The van der Waals surface area contributed by atoms with Crippen molar-refractivity contribution in [2.45, 2.75) is 63.3 Å².